The van der Waals surface area contributed by atoms with Crippen LogP contribution < -0.4 is 4.74 Å². The summed E-state index contributed by atoms with van der Waals surface area (Å²) in [7, 11) is 3.07. The lowest BCUT2D eigenvalue weighted by atomic mass is 9.72. The van der Waals surface area contributed by atoms with Gasteiger partial charge in [-0.15, -0.1) is 0 Å². The fraction of sp³-hybridized carbons (Fsp3) is 0.611. The molecule has 0 aromatic heterocycles. The second-order valence-electron chi connectivity index (χ2n) is 6.68. The minimum absolute atomic E-state index is 0.0176. The number of amides is 1. The molecule has 2 rings (SSSR count). The van der Waals surface area contributed by atoms with Crippen molar-refractivity contribution in [1.82, 2.24) is 4.90 Å². The SMILES string of the molecule is COCCC(=O)N1C[C@@H](c2ccc(OC)c(O)c2)[C@](C)([C@@H](C)O)C1. The smallest absolute Gasteiger partial charge is 0.224 e. The molecule has 1 aromatic rings. The maximum atomic E-state index is 12.4. The number of ether oxygens (including phenoxy) is 2. The van der Waals surface area contributed by atoms with Gasteiger partial charge in [0.2, 0.25) is 5.91 Å². The first-order chi connectivity index (χ1) is 11.3. The highest BCUT2D eigenvalue weighted by Crippen LogP contribution is 2.46. The Bertz CT molecular complexity index is 589. The second kappa shape index (κ2) is 7.40. The van der Waals surface area contributed by atoms with E-state index in [0.29, 0.717) is 31.9 Å². The molecule has 1 aliphatic rings. The van der Waals surface area contributed by atoms with Gasteiger partial charge in [-0.3, -0.25) is 4.79 Å². The van der Waals surface area contributed by atoms with Crippen LogP contribution >= 0.6 is 0 Å². The monoisotopic (exact) mass is 337 g/mol. The lowest BCUT2D eigenvalue weighted by Gasteiger charge is -2.33. The summed E-state index contributed by atoms with van der Waals surface area (Å²) in [5.74, 6) is 0.417. The lowest BCUT2D eigenvalue weighted by molar-refractivity contribution is -0.131. The van der Waals surface area contributed by atoms with Gasteiger partial charge in [0.05, 0.1) is 26.2 Å². The van der Waals surface area contributed by atoms with Crippen molar-refractivity contribution in [2.24, 2.45) is 5.41 Å². The van der Waals surface area contributed by atoms with Crippen molar-refractivity contribution in [3.8, 4) is 11.5 Å². The van der Waals surface area contributed by atoms with Crippen LogP contribution in [0.5, 0.6) is 11.5 Å². The molecule has 0 aliphatic carbocycles. The molecule has 1 saturated heterocycles. The summed E-state index contributed by atoms with van der Waals surface area (Å²) in [4.78, 5) is 14.1. The van der Waals surface area contributed by atoms with Crippen molar-refractivity contribution in [2.75, 3.05) is 33.9 Å². The third-order valence-electron chi connectivity index (χ3n) is 5.16. The molecule has 1 aliphatic heterocycles. The highest BCUT2D eigenvalue weighted by Gasteiger charge is 2.48. The van der Waals surface area contributed by atoms with E-state index in [2.05, 4.69) is 0 Å². The number of phenolic OH excluding ortho intramolecular Hbond substituents is 1. The largest absolute Gasteiger partial charge is 0.504 e. The Hall–Kier alpha value is -1.79. The van der Waals surface area contributed by atoms with Gasteiger partial charge in [0, 0.05) is 31.5 Å². The van der Waals surface area contributed by atoms with Crippen molar-refractivity contribution in [3.05, 3.63) is 23.8 Å². The zero-order chi connectivity index (χ0) is 17.9. The number of rotatable bonds is 6. The zero-order valence-electron chi connectivity index (χ0n) is 14.8. The standard InChI is InChI=1S/C18H27NO5/c1-12(20)18(2)11-19(17(22)7-8-23-3)10-14(18)13-5-6-16(24-4)15(21)9-13/h5-6,9,12,14,20-21H,7-8,10-11H2,1-4H3/t12-,14+,18+/m1/s1. The number of hydrogen-bond acceptors (Lipinski definition) is 5. The number of carbonyl (C=O) groups is 1. The van der Waals surface area contributed by atoms with Crippen molar-refractivity contribution in [2.45, 2.75) is 32.3 Å². The molecular weight excluding hydrogens is 310 g/mol. The number of likely N-dealkylation sites (tertiary alicyclic amines) is 1. The van der Waals surface area contributed by atoms with Gasteiger partial charge in [0.1, 0.15) is 0 Å². The average molecular weight is 337 g/mol. The maximum Gasteiger partial charge on any atom is 0.224 e. The number of hydrogen-bond donors (Lipinski definition) is 2. The fourth-order valence-corrected chi connectivity index (χ4v) is 3.39. The highest BCUT2D eigenvalue weighted by atomic mass is 16.5. The Morgan fingerprint density at radius 1 is 1.46 bits per heavy atom. The minimum atomic E-state index is -0.591. The number of benzene rings is 1. The van der Waals surface area contributed by atoms with Crippen LogP contribution in [0, 0.1) is 5.41 Å². The molecule has 1 fully saturated rings. The summed E-state index contributed by atoms with van der Waals surface area (Å²) >= 11 is 0. The van der Waals surface area contributed by atoms with Crippen LogP contribution in [0.15, 0.2) is 18.2 Å². The Kier molecular flexibility index (Phi) is 5.72. The third kappa shape index (κ3) is 3.49. The third-order valence-corrected chi connectivity index (χ3v) is 5.16. The van der Waals surface area contributed by atoms with E-state index in [4.69, 9.17) is 9.47 Å². The quantitative estimate of drug-likeness (QED) is 0.827. The molecular formula is C18H27NO5. The Balaban J connectivity index is 2.29. The first-order valence-electron chi connectivity index (χ1n) is 8.15. The van der Waals surface area contributed by atoms with E-state index >= 15 is 0 Å². The molecule has 2 N–H and O–H groups in total. The fourth-order valence-electron chi connectivity index (χ4n) is 3.39. The Morgan fingerprint density at radius 2 is 2.17 bits per heavy atom. The molecule has 3 atom stereocenters. The molecule has 1 amide bonds. The van der Waals surface area contributed by atoms with Crippen LogP contribution in [0.25, 0.3) is 0 Å². The summed E-state index contributed by atoms with van der Waals surface area (Å²) in [6.07, 6.45) is -0.264. The number of nitrogens with zero attached hydrogens (tertiary/aromatic N) is 1. The summed E-state index contributed by atoms with van der Waals surface area (Å²) in [5.41, 5.74) is 0.405. The predicted octanol–water partition coefficient (Wildman–Crippen LogP) is 1.75. The molecule has 6 heteroatoms. The zero-order valence-corrected chi connectivity index (χ0v) is 14.8. The van der Waals surface area contributed by atoms with Gasteiger partial charge in [-0.05, 0) is 24.6 Å². The maximum absolute atomic E-state index is 12.4. The molecule has 1 aromatic carbocycles. The number of methoxy groups -OCH3 is 2. The van der Waals surface area contributed by atoms with E-state index in [9.17, 15) is 15.0 Å². The second-order valence-corrected chi connectivity index (χ2v) is 6.68. The lowest BCUT2D eigenvalue weighted by Crippen LogP contribution is -2.38. The summed E-state index contributed by atoms with van der Waals surface area (Å²) < 4.78 is 10.1. The van der Waals surface area contributed by atoms with E-state index in [1.54, 1.807) is 31.1 Å². The van der Waals surface area contributed by atoms with Gasteiger partial charge >= 0.3 is 0 Å². The predicted molar refractivity (Wildman–Crippen MR) is 90.3 cm³/mol. The van der Waals surface area contributed by atoms with Gasteiger partial charge in [0.25, 0.3) is 0 Å². The van der Waals surface area contributed by atoms with Crippen LogP contribution in [-0.4, -0.2) is 61.0 Å². The number of aliphatic hydroxyl groups excluding tert-OH is 1. The molecule has 6 nitrogen and oxygen atoms in total. The van der Waals surface area contributed by atoms with Crippen LogP contribution in [0.4, 0.5) is 0 Å². The van der Waals surface area contributed by atoms with Gasteiger partial charge in [-0.1, -0.05) is 13.0 Å². The van der Waals surface area contributed by atoms with E-state index < -0.39 is 11.5 Å². The van der Waals surface area contributed by atoms with E-state index in [1.165, 1.54) is 7.11 Å². The van der Waals surface area contributed by atoms with Crippen LogP contribution in [0.2, 0.25) is 0 Å². The number of aliphatic hydroxyl groups is 1. The van der Waals surface area contributed by atoms with Gasteiger partial charge in [-0.25, -0.2) is 0 Å². The van der Waals surface area contributed by atoms with Crippen molar-refractivity contribution < 1.29 is 24.5 Å². The number of phenols is 1. The highest BCUT2D eigenvalue weighted by molar-refractivity contribution is 5.77. The summed E-state index contributed by atoms with van der Waals surface area (Å²) in [5, 5.41) is 20.4. The number of aromatic hydroxyl groups is 1. The van der Waals surface area contributed by atoms with Crippen molar-refractivity contribution in [3.63, 3.8) is 0 Å². The Labute approximate surface area is 143 Å². The minimum Gasteiger partial charge on any atom is -0.504 e. The van der Waals surface area contributed by atoms with Crippen LogP contribution in [0.3, 0.4) is 0 Å². The molecule has 24 heavy (non-hydrogen) atoms. The topological polar surface area (TPSA) is 79.2 Å². The first-order valence-corrected chi connectivity index (χ1v) is 8.15. The summed E-state index contributed by atoms with van der Waals surface area (Å²) in [6.45, 7) is 5.10. The van der Waals surface area contributed by atoms with Crippen LogP contribution in [-0.2, 0) is 9.53 Å². The van der Waals surface area contributed by atoms with Gasteiger partial charge < -0.3 is 24.6 Å². The summed E-state index contributed by atoms with van der Waals surface area (Å²) in [6, 6.07) is 5.25. The number of carbonyl (C=O) groups excluding carboxylic acids is 1. The molecule has 0 bridgehead atoms. The van der Waals surface area contributed by atoms with Crippen molar-refractivity contribution >= 4 is 5.91 Å². The Morgan fingerprint density at radius 3 is 2.71 bits per heavy atom. The van der Waals surface area contributed by atoms with Crippen LogP contribution in [0.1, 0.15) is 31.7 Å². The molecule has 1 heterocycles. The van der Waals surface area contributed by atoms with Gasteiger partial charge in [0.15, 0.2) is 11.5 Å². The van der Waals surface area contributed by atoms with E-state index in [1.807, 2.05) is 13.0 Å². The van der Waals surface area contributed by atoms with E-state index in [0.717, 1.165) is 5.56 Å². The van der Waals surface area contributed by atoms with Crippen molar-refractivity contribution in [1.29, 1.82) is 0 Å². The first kappa shape index (κ1) is 18.5. The molecule has 0 saturated carbocycles. The normalized spacial score (nSPS) is 24.9. The molecule has 0 unspecified atom stereocenters. The van der Waals surface area contributed by atoms with E-state index in [-0.39, 0.29) is 17.6 Å². The molecule has 0 spiro atoms. The van der Waals surface area contributed by atoms with Gasteiger partial charge in [-0.2, -0.15) is 0 Å². The molecule has 0 radical (unpaired) electrons. The molecule has 134 valence electrons. The average Bonchev–Trinajstić information content (AvgIpc) is 2.92.